The third kappa shape index (κ3) is 7.85. The molecule has 2 N–H and O–H groups in total. The van der Waals surface area contributed by atoms with Gasteiger partial charge in [-0.15, -0.1) is 5.11 Å². The maximum absolute atomic E-state index is 12.7. The van der Waals surface area contributed by atoms with E-state index in [4.69, 9.17) is 4.55 Å². The van der Waals surface area contributed by atoms with Gasteiger partial charge in [0.15, 0.2) is 9.84 Å². The summed E-state index contributed by atoms with van der Waals surface area (Å²) in [6, 6.07) is 12.4. The molecule has 0 bridgehead atoms. The molecule has 1 heterocycles. The number of carbonyl (C=O) groups is 2. The molecular weight excluding hydrogens is 538 g/mol. The van der Waals surface area contributed by atoms with Crippen LogP contribution in [0.2, 0.25) is 0 Å². The molecule has 2 aromatic carbocycles. The van der Waals surface area contributed by atoms with Crippen LogP contribution in [0.5, 0.6) is 0 Å². The fourth-order valence-electron chi connectivity index (χ4n) is 3.27. The molecule has 15 heteroatoms. The first-order valence-electron chi connectivity index (χ1n) is 11.1. The molecule has 3 rings (SSSR count). The van der Waals surface area contributed by atoms with Gasteiger partial charge < -0.3 is 5.32 Å². The van der Waals surface area contributed by atoms with Crippen molar-refractivity contribution in [2.45, 2.75) is 32.1 Å². The van der Waals surface area contributed by atoms with Gasteiger partial charge in [0, 0.05) is 5.69 Å². The number of hydrogen-bond donors (Lipinski definition) is 2. The number of nitrogens with zero attached hydrogens (tertiary/aromatic N) is 4. The molecule has 0 atom stereocenters. The van der Waals surface area contributed by atoms with Crippen LogP contribution in [0.15, 0.2) is 63.7 Å². The number of benzene rings is 2. The normalized spacial score (nSPS) is 12.1. The van der Waals surface area contributed by atoms with Crippen molar-refractivity contribution in [3.05, 3.63) is 65.5 Å². The molecule has 1 amide bonds. The summed E-state index contributed by atoms with van der Waals surface area (Å²) in [4.78, 5) is 24.9. The standard InChI is InChI=1S/C23H25N5O8S2/c1-15-4-6-18(7-5-15)24-21(29)14-22(30)28-17(3)23(16(2)27-28)26-25-19-8-10-20(11-9-19)37(31,32)13-12-36-38(33,34)35/h4-11H,12-14H2,1-3H3,(H,24,29)(H,33,34,35). The van der Waals surface area contributed by atoms with E-state index in [-0.39, 0.29) is 4.90 Å². The number of azo groups is 1. The van der Waals surface area contributed by atoms with Gasteiger partial charge >= 0.3 is 10.4 Å². The molecule has 0 spiro atoms. The van der Waals surface area contributed by atoms with Crippen molar-refractivity contribution in [2.75, 3.05) is 17.7 Å². The van der Waals surface area contributed by atoms with Crippen LogP contribution in [0.4, 0.5) is 17.1 Å². The molecule has 1 aromatic heterocycles. The third-order valence-electron chi connectivity index (χ3n) is 5.18. The van der Waals surface area contributed by atoms with E-state index < -0.39 is 50.8 Å². The molecule has 0 saturated heterocycles. The number of carbonyl (C=O) groups excluding carboxylic acids is 2. The molecule has 0 saturated carbocycles. The molecule has 13 nitrogen and oxygen atoms in total. The van der Waals surface area contributed by atoms with Crippen molar-refractivity contribution in [1.29, 1.82) is 0 Å². The molecule has 38 heavy (non-hydrogen) atoms. The zero-order valence-corrected chi connectivity index (χ0v) is 22.3. The Morgan fingerprint density at radius 1 is 0.974 bits per heavy atom. The average molecular weight is 564 g/mol. The van der Waals surface area contributed by atoms with Gasteiger partial charge in [0.05, 0.1) is 34.3 Å². The van der Waals surface area contributed by atoms with Gasteiger partial charge in [-0.05, 0) is 57.2 Å². The molecule has 202 valence electrons. The number of aromatic nitrogens is 2. The minimum atomic E-state index is -4.74. The Labute approximate surface area is 219 Å². The van der Waals surface area contributed by atoms with Crippen molar-refractivity contribution >= 4 is 49.1 Å². The molecule has 3 aromatic rings. The fraction of sp³-hybridized carbons (Fsp3) is 0.261. The summed E-state index contributed by atoms with van der Waals surface area (Å²) in [6.45, 7) is 4.41. The Balaban J connectivity index is 1.66. The summed E-state index contributed by atoms with van der Waals surface area (Å²) >= 11 is 0. The number of rotatable bonds is 10. The lowest BCUT2D eigenvalue weighted by Crippen LogP contribution is -2.22. The number of aryl methyl sites for hydroxylation is 2. The van der Waals surface area contributed by atoms with Crippen molar-refractivity contribution in [2.24, 2.45) is 10.2 Å². The summed E-state index contributed by atoms with van der Waals surface area (Å²) < 4.78 is 59.4. The first-order chi connectivity index (χ1) is 17.7. The fourth-order valence-corrected chi connectivity index (χ4v) is 4.76. The predicted octanol–water partition coefficient (Wildman–Crippen LogP) is 3.49. The maximum atomic E-state index is 12.7. The second-order valence-electron chi connectivity index (χ2n) is 8.18. The Kier molecular flexibility index (Phi) is 8.88. The highest BCUT2D eigenvalue weighted by Gasteiger charge is 2.20. The van der Waals surface area contributed by atoms with Gasteiger partial charge in [0.2, 0.25) is 5.91 Å². The molecule has 0 radical (unpaired) electrons. The van der Waals surface area contributed by atoms with Crippen LogP contribution in [0.1, 0.15) is 28.2 Å². The second kappa shape index (κ2) is 11.7. The lowest BCUT2D eigenvalue weighted by molar-refractivity contribution is -0.115. The van der Waals surface area contributed by atoms with Gasteiger partial charge in [-0.3, -0.25) is 14.1 Å². The highest BCUT2D eigenvalue weighted by molar-refractivity contribution is 7.91. The Morgan fingerprint density at radius 3 is 2.21 bits per heavy atom. The minimum absolute atomic E-state index is 0.106. The monoisotopic (exact) mass is 563 g/mol. The number of anilines is 1. The van der Waals surface area contributed by atoms with Gasteiger partial charge in [0.25, 0.3) is 5.91 Å². The summed E-state index contributed by atoms with van der Waals surface area (Å²) in [5.41, 5.74) is 2.99. The van der Waals surface area contributed by atoms with Crippen LogP contribution >= 0.6 is 0 Å². The zero-order chi connectivity index (χ0) is 28.1. The second-order valence-corrected chi connectivity index (χ2v) is 11.4. The van der Waals surface area contributed by atoms with Crippen molar-refractivity contribution in [1.82, 2.24) is 9.78 Å². The van der Waals surface area contributed by atoms with Crippen LogP contribution in [0, 0.1) is 20.8 Å². The smallest absolute Gasteiger partial charge is 0.326 e. The zero-order valence-electron chi connectivity index (χ0n) is 20.7. The summed E-state index contributed by atoms with van der Waals surface area (Å²) in [5, 5.41) is 15.0. The average Bonchev–Trinajstić information content (AvgIpc) is 3.11. The highest BCUT2D eigenvalue weighted by atomic mass is 32.3. The van der Waals surface area contributed by atoms with E-state index in [2.05, 4.69) is 24.8 Å². The molecule has 0 aliphatic carbocycles. The van der Waals surface area contributed by atoms with E-state index in [0.717, 1.165) is 10.2 Å². The topological polar surface area (TPSA) is 186 Å². The summed E-state index contributed by atoms with van der Waals surface area (Å²) in [5.74, 6) is -1.71. The largest absolute Gasteiger partial charge is 0.397 e. The molecule has 0 fully saturated rings. The number of amides is 1. The van der Waals surface area contributed by atoms with E-state index in [9.17, 15) is 26.4 Å². The maximum Gasteiger partial charge on any atom is 0.397 e. The Hall–Kier alpha value is -3.79. The third-order valence-corrected chi connectivity index (χ3v) is 7.34. The molecular formula is C23H25N5O8S2. The molecule has 0 aliphatic heterocycles. The van der Waals surface area contributed by atoms with E-state index >= 15 is 0 Å². The van der Waals surface area contributed by atoms with E-state index in [0.29, 0.717) is 28.5 Å². The van der Waals surface area contributed by atoms with Crippen LogP contribution in [-0.2, 0) is 29.2 Å². The highest BCUT2D eigenvalue weighted by Crippen LogP contribution is 2.26. The van der Waals surface area contributed by atoms with Gasteiger partial charge in [-0.1, -0.05) is 17.7 Å². The lowest BCUT2D eigenvalue weighted by Gasteiger charge is -2.06. The Bertz CT molecular complexity index is 1580. The van der Waals surface area contributed by atoms with Gasteiger partial charge in [-0.25, -0.2) is 17.3 Å². The molecule has 0 unspecified atom stereocenters. The minimum Gasteiger partial charge on any atom is -0.326 e. The van der Waals surface area contributed by atoms with E-state index in [1.165, 1.54) is 24.3 Å². The Morgan fingerprint density at radius 2 is 1.61 bits per heavy atom. The summed E-state index contributed by atoms with van der Waals surface area (Å²) in [6.07, 6.45) is -0.433. The van der Waals surface area contributed by atoms with E-state index in [1.54, 1.807) is 26.0 Å². The SMILES string of the molecule is Cc1ccc(NC(=O)CC(=O)n2nc(C)c(N=Nc3ccc(S(=O)(=O)CCOS(=O)(=O)O)cc3)c2C)cc1. The number of nitrogens with one attached hydrogen (secondary N) is 1. The number of hydrogen-bond acceptors (Lipinski definition) is 10. The predicted molar refractivity (Wildman–Crippen MR) is 137 cm³/mol. The van der Waals surface area contributed by atoms with Crippen LogP contribution in [0.25, 0.3) is 0 Å². The first kappa shape index (κ1) is 28.8. The van der Waals surface area contributed by atoms with Crippen LogP contribution in [0.3, 0.4) is 0 Å². The van der Waals surface area contributed by atoms with Crippen molar-refractivity contribution in [3.63, 3.8) is 0 Å². The van der Waals surface area contributed by atoms with Crippen LogP contribution in [-0.4, -0.2) is 55.3 Å². The van der Waals surface area contributed by atoms with Crippen molar-refractivity contribution < 1.29 is 35.2 Å². The van der Waals surface area contributed by atoms with E-state index in [1.807, 2.05) is 19.1 Å². The molecule has 0 aliphatic rings. The van der Waals surface area contributed by atoms with Crippen molar-refractivity contribution in [3.8, 4) is 0 Å². The van der Waals surface area contributed by atoms with Gasteiger partial charge in [0.1, 0.15) is 12.1 Å². The van der Waals surface area contributed by atoms with Crippen LogP contribution < -0.4 is 5.32 Å². The quantitative estimate of drug-likeness (QED) is 0.211. The summed E-state index contributed by atoms with van der Waals surface area (Å²) in [7, 11) is -8.61. The first-order valence-corrected chi connectivity index (χ1v) is 14.1. The van der Waals surface area contributed by atoms with Gasteiger partial charge in [-0.2, -0.15) is 18.6 Å². The lowest BCUT2D eigenvalue weighted by atomic mass is 10.2. The number of sulfone groups is 1.